The lowest BCUT2D eigenvalue weighted by atomic mass is 9.97. The summed E-state index contributed by atoms with van der Waals surface area (Å²) in [6.45, 7) is 3.38. The van der Waals surface area contributed by atoms with Gasteiger partial charge in [0.25, 0.3) is 0 Å². The highest BCUT2D eigenvalue weighted by Crippen LogP contribution is 2.42. The molecule has 0 amide bonds. The zero-order valence-corrected chi connectivity index (χ0v) is 31.4. The second-order valence-corrected chi connectivity index (χ2v) is 14.6. The number of ether oxygens (including phenoxy) is 6. The van der Waals surface area contributed by atoms with Crippen LogP contribution in [0.2, 0.25) is 0 Å². The Labute approximate surface area is 329 Å². The van der Waals surface area contributed by atoms with E-state index in [1.165, 1.54) is 31.2 Å². The maximum atomic E-state index is 14.7. The van der Waals surface area contributed by atoms with Gasteiger partial charge in [0.1, 0.15) is 89.3 Å². The van der Waals surface area contributed by atoms with Crippen molar-refractivity contribution in [1.82, 2.24) is 0 Å². The number of phenols is 2. The van der Waals surface area contributed by atoms with Crippen LogP contribution in [0.25, 0.3) is 22.3 Å². The van der Waals surface area contributed by atoms with E-state index in [1.807, 2.05) is 0 Å². The quantitative estimate of drug-likeness (QED) is 0.0896. The third-order valence-corrected chi connectivity index (χ3v) is 10.3. The summed E-state index contributed by atoms with van der Waals surface area (Å²) < 4.78 is 41.1. The number of aliphatic hydroxyl groups excluding tert-OH is 10. The molecule has 320 valence electrons. The Hall–Kier alpha value is -3.97. The normalized spacial score (nSPS) is 35.4. The van der Waals surface area contributed by atoms with Gasteiger partial charge in [0.05, 0.1) is 19.3 Å². The average Bonchev–Trinajstić information content (AvgIpc) is 3.19. The van der Waals surface area contributed by atoms with Crippen molar-refractivity contribution < 1.29 is 94.1 Å². The number of aromatic hydroxyl groups is 2. The molecule has 3 aliphatic heterocycles. The van der Waals surface area contributed by atoms with Crippen LogP contribution >= 0.6 is 0 Å². The maximum absolute atomic E-state index is 14.7. The van der Waals surface area contributed by atoms with E-state index in [4.69, 9.17) is 32.8 Å². The van der Waals surface area contributed by atoms with Gasteiger partial charge in [-0.2, -0.15) is 0 Å². The monoisotopic (exact) mass is 824 g/mol. The van der Waals surface area contributed by atoms with E-state index >= 15 is 0 Å². The van der Waals surface area contributed by atoms with Crippen molar-refractivity contribution in [3.05, 3.63) is 57.8 Å². The summed E-state index contributed by atoms with van der Waals surface area (Å²) in [5.74, 6) is -2.08. The number of benzene rings is 2. The van der Waals surface area contributed by atoms with Gasteiger partial charge in [0, 0.05) is 17.2 Å². The number of phenolic OH excluding ortho intramolecular Hbond substituents is 2. The van der Waals surface area contributed by atoms with E-state index in [0.717, 1.165) is 11.6 Å². The SMILES string of the molecule is CC(C)=CCc1c(O[C@@H]2O[C@H](CO)[C@@H](O)[C@H](O)[C@H]2O)cc(O)c2c(=O)c(O[C@H]3O[C@@H](C)[C@H](O)[C@@H](O)[C@H]3O[C@@H]3O[C@H](CO)[C@@H](O)[C@H](O)[C@H]3O)c(-c3ccc(O)cc3)oc12. The first kappa shape index (κ1) is 43.6. The van der Waals surface area contributed by atoms with Gasteiger partial charge in [-0.05, 0) is 51.5 Å². The van der Waals surface area contributed by atoms with Crippen molar-refractivity contribution in [1.29, 1.82) is 0 Å². The second-order valence-electron chi connectivity index (χ2n) is 14.6. The summed E-state index contributed by atoms with van der Waals surface area (Å²) in [7, 11) is 0. The zero-order valence-electron chi connectivity index (χ0n) is 31.4. The Morgan fingerprint density at radius 1 is 0.724 bits per heavy atom. The smallest absolute Gasteiger partial charge is 0.239 e. The molecule has 20 heteroatoms. The number of hydrogen-bond donors (Lipinski definition) is 12. The lowest BCUT2D eigenvalue weighted by Crippen LogP contribution is -2.64. The molecule has 2 aromatic carbocycles. The molecule has 0 spiro atoms. The number of hydrogen-bond acceptors (Lipinski definition) is 20. The van der Waals surface area contributed by atoms with Crippen molar-refractivity contribution in [3.63, 3.8) is 0 Å². The van der Waals surface area contributed by atoms with Crippen LogP contribution < -0.4 is 14.9 Å². The minimum absolute atomic E-state index is 0.0215. The largest absolute Gasteiger partial charge is 0.508 e. The molecule has 15 atom stereocenters. The van der Waals surface area contributed by atoms with Crippen LogP contribution in [0.5, 0.6) is 23.0 Å². The molecular weight excluding hydrogens is 776 g/mol. The Morgan fingerprint density at radius 3 is 1.90 bits per heavy atom. The van der Waals surface area contributed by atoms with Crippen LogP contribution in [0.15, 0.2) is 51.2 Å². The molecule has 0 aliphatic carbocycles. The van der Waals surface area contributed by atoms with Crippen LogP contribution in [0.4, 0.5) is 0 Å². The minimum atomic E-state index is -1.95. The summed E-state index contributed by atoms with van der Waals surface area (Å²) in [5.41, 5.74) is -0.255. The van der Waals surface area contributed by atoms with E-state index < -0.39 is 128 Å². The van der Waals surface area contributed by atoms with Crippen LogP contribution in [-0.4, -0.2) is 167 Å². The molecule has 0 bridgehead atoms. The molecular formula is C38H48O20. The van der Waals surface area contributed by atoms with E-state index in [1.54, 1.807) is 19.9 Å². The Morgan fingerprint density at radius 2 is 1.31 bits per heavy atom. The predicted octanol–water partition coefficient (Wildman–Crippen LogP) is -2.41. The molecule has 12 N–H and O–H groups in total. The molecule has 0 saturated carbocycles. The number of allylic oxidation sites excluding steroid dienone is 2. The third-order valence-electron chi connectivity index (χ3n) is 10.3. The Balaban J connectivity index is 1.49. The summed E-state index contributed by atoms with van der Waals surface area (Å²) in [4.78, 5) is 14.7. The van der Waals surface area contributed by atoms with E-state index in [2.05, 4.69) is 0 Å². The lowest BCUT2D eigenvalue weighted by molar-refractivity contribution is -0.355. The van der Waals surface area contributed by atoms with Crippen molar-refractivity contribution in [3.8, 4) is 34.3 Å². The molecule has 1 aromatic heterocycles. The molecule has 0 radical (unpaired) electrons. The summed E-state index contributed by atoms with van der Waals surface area (Å²) in [5, 5.41) is 125. The molecule has 3 fully saturated rings. The molecule has 6 rings (SSSR count). The number of aliphatic hydroxyl groups is 10. The van der Waals surface area contributed by atoms with Crippen LogP contribution in [0.1, 0.15) is 26.3 Å². The van der Waals surface area contributed by atoms with Gasteiger partial charge in [-0.1, -0.05) is 11.6 Å². The van der Waals surface area contributed by atoms with Crippen LogP contribution in [0, 0.1) is 0 Å². The predicted molar refractivity (Wildman–Crippen MR) is 194 cm³/mol. The third kappa shape index (κ3) is 8.40. The first-order valence-electron chi connectivity index (χ1n) is 18.4. The van der Waals surface area contributed by atoms with Gasteiger partial charge < -0.3 is 94.1 Å². The van der Waals surface area contributed by atoms with Gasteiger partial charge in [-0.15, -0.1) is 0 Å². The van der Waals surface area contributed by atoms with Gasteiger partial charge in [-0.3, -0.25) is 4.79 Å². The zero-order chi connectivity index (χ0) is 42.3. The van der Waals surface area contributed by atoms with Crippen molar-refractivity contribution >= 4 is 11.0 Å². The molecule has 58 heavy (non-hydrogen) atoms. The van der Waals surface area contributed by atoms with Gasteiger partial charge in [-0.25, -0.2) is 0 Å². The molecule has 4 heterocycles. The summed E-state index contributed by atoms with van der Waals surface area (Å²) >= 11 is 0. The standard InChI is InChI=1S/C38H48O20/c1-13(2)4-9-17-19(53-36-30(50)27(47)24(44)20(11-39)54-36)10-18(42)22-26(46)34(32(56-33(17)22)15-5-7-16(41)8-6-15)57-38-35(29(49)23(43)14(3)52-38)58-37-31(51)28(48)25(45)21(12-40)55-37/h4-8,10,14,20-21,23-25,27-31,35-45,47-51H,9,11-12H2,1-3H3/t14-,20+,21+,23-,24+,25+,27-,28-,29+,30+,31+,35+,36+,37-,38+/m0/s1. The minimum Gasteiger partial charge on any atom is -0.508 e. The second kappa shape index (κ2) is 17.7. The maximum Gasteiger partial charge on any atom is 0.239 e. The summed E-state index contributed by atoms with van der Waals surface area (Å²) in [6, 6.07) is 6.28. The molecule has 0 unspecified atom stereocenters. The first-order chi connectivity index (χ1) is 27.5. The Kier molecular flexibility index (Phi) is 13.3. The molecule has 3 saturated heterocycles. The fraction of sp³-hybridized carbons (Fsp3) is 0.553. The van der Waals surface area contributed by atoms with Gasteiger partial charge in [0.15, 0.2) is 18.2 Å². The van der Waals surface area contributed by atoms with E-state index in [9.17, 15) is 66.1 Å². The summed E-state index contributed by atoms with van der Waals surface area (Å²) in [6.07, 6.45) is -23.8. The first-order valence-corrected chi connectivity index (χ1v) is 18.4. The molecule has 20 nitrogen and oxygen atoms in total. The Bertz CT molecular complexity index is 1980. The fourth-order valence-corrected chi connectivity index (χ4v) is 6.86. The highest BCUT2D eigenvalue weighted by atomic mass is 16.8. The topological polar surface area (TPSA) is 328 Å². The number of rotatable bonds is 11. The van der Waals surface area contributed by atoms with Crippen molar-refractivity contribution in [2.75, 3.05) is 13.2 Å². The average molecular weight is 825 g/mol. The van der Waals surface area contributed by atoms with E-state index in [-0.39, 0.29) is 40.4 Å². The highest BCUT2D eigenvalue weighted by Gasteiger charge is 2.51. The van der Waals surface area contributed by atoms with Crippen LogP contribution in [0.3, 0.4) is 0 Å². The number of fused-ring (bicyclic) bond motifs is 1. The van der Waals surface area contributed by atoms with E-state index in [0.29, 0.717) is 0 Å². The lowest BCUT2D eigenvalue weighted by Gasteiger charge is -2.45. The molecule has 3 aliphatic rings. The van der Waals surface area contributed by atoms with Crippen molar-refractivity contribution in [2.45, 2.75) is 119 Å². The molecule has 3 aromatic rings. The van der Waals surface area contributed by atoms with Gasteiger partial charge in [0.2, 0.25) is 23.8 Å². The van der Waals surface area contributed by atoms with Crippen molar-refractivity contribution in [2.24, 2.45) is 0 Å². The van der Waals surface area contributed by atoms with Gasteiger partial charge >= 0.3 is 0 Å². The highest BCUT2D eigenvalue weighted by molar-refractivity contribution is 5.91. The van der Waals surface area contributed by atoms with Crippen LogP contribution in [-0.2, 0) is 25.4 Å². The fourth-order valence-electron chi connectivity index (χ4n) is 6.86.